The molecular formula is C34H59Cl3SiTi. The molecule has 39 heavy (non-hydrogen) atoms. The van der Waals surface area contributed by atoms with Crippen LogP contribution in [0.1, 0.15) is 160 Å². The monoisotopic (exact) mass is 648 g/mol. The van der Waals surface area contributed by atoms with Gasteiger partial charge in [-0.25, -0.2) is 6.07 Å². The van der Waals surface area contributed by atoms with Gasteiger partial charge in [-0.3, -0.25) is 0 Å². The van der Waals surface area contributed by atoms with Gasteiger partial charge >= 0.3 is 21.7 Å². The Bertz CT molecular complexity index is 730. The van der Waals surface area contributed by atoms with Gasteiger partial charge < -0.3 is 37.2 Å². The largest absolute Gasteiger partial charge is 4.00 e. The van der Waals surface area contributed by atoms with Crippen molar-refractivity contribution in [2.45, 2.75) is 161 Å². The molecule has 1 aliphatic carbocycles. The zero-order valence-electron chi connectivity index (χ0n) is 25.8. The van der Waals surface area contributed by atoms with Gasteiger partial charge in [-0.1, -0.05) is 168 Å². The second-order valence-corrected chi connectivity index (χ2v) is 14.7. The molecule has 0 N–H and O–H groups in total. The van der Waals surface area contributed by atoms with Crippen LogP contribution >= 0.6 is 0 Å². The SMILES string of the molecule is CCCCCCCCCCCCCCCCCCc1cc[c-]([SiH2]C2(C)C=CC=CC2)c1C(C)CC.[Cl-].[Cl-].[Cl-].[Ti+4]. The predicted octanol–water partition coefficient (Wildman–Crippen LogP) is 1.22. The van der Waals surface area contributed by atoms with E-state index in [-0.39, 0.29) is 68.5 Å². The van der Waals surface area contributed by atoms with Crippen LogP contribution in [0.5, 0.6) is 0 Å². The number of allylic oxidation sites excluding steroid dienone is 4. The van der Waals surface area contributed by atoms with Crippen LogP contribution < -0.4 is 42.4 Å². The summed E-state index contributed by atoms with van der Waals surface area (Å²) >= 11 is 0. The van der Waals surface area contributed by atoms with Crippen LogP contribution in [-0.2, 0) is 28.1 Å². The van der Waals surface area contributed by atoms with E-state index in [1.54, 1.807) is 16.3 Å². The first-order valence-electron chi connectivity index (χ1n) is 15.7. The molecule has 224 valence electrons. The zero-order valence-corrected chi connectivity index (χ0v) is 31.1. The van der Waals surface area contributed by atoms with Crippen LogP contribution in [-0.4, -0.2) is 9.52 Å². The van der Waals surface area contributed by atoms with Crippen molar-refractivity contribution < 1.29 is 58.9 Å². The van der Waals surface area contributed by atoms with Crippen LogP contribution in [0.15, 0.2) is 36.4 Å². The van der Waals surface area contributed by atoms with Crippen LogP contribution in [0.4, 0.5) is 0 Å². The van der Waals surface area contributed by atoms with Crippen LogP contribution in [0, 0.1) is 0 Å². The number of rotatable bonds is 21. The van der Waals surface area contributed by atoms with Crippen molar-refractivity contribution in [2.24, 2.45) is 0 Å². The second kappa shape index (κ2) is 27.5. The quantitative estimate of drug-likeness (QED) is 0.107. The van der Waals surface area contributed by atoms with Crippen LogP contribution in [0.25, 0.3) is 0 Å². The Morgan fingerprint density at radius 1 is 0.769 bits per heavy atom. The fourth-order valence-corrected chi connectivity index (χ4v) is 8.43. The van der Waals surface area contributed by atoms with Crippen molar-refractivity contribution in [1.29, 1.82) is 0 Å². The molecule has 0 fully saturated rings. The molecule has 2 rings (SSSR count). The minimum atomic E-state index is -0.309. The van der Waals surface area contributed by atoms with E-state index in [4.69, 9.17) is 0 Å². The third-order valence-electron chi connectivity index (χ3n) is 8.51. The van der Waals surface area contributed by atoms with Crippen molar-refractivity contribution in [3.63, 3.8) is 0 Å². The van der Waals surface area contributed by atoms with Crippen LogP contribution in [0.2, 0.25) is 5.04 Å². The first kappa shape index (κ1) is 44.1. The summed E-state index contributed by atoms with van der Waals surface area (Å²) in [4.78, 5) is 0. The average molecular weight is 650 g/mol. The summed E-state index contributed by atoms with van der Waals surface area (Å²) in [5.74, 6) is 0.718. The Hall–Kier alpha value is 0.631. The fourth-order valence-electron chi connectivity index (χ4n) is 6.00. The average Bonchev–Trinajstić information content (AvgIpc) is 3.25. The number of hydrogen-bond acceptors (Lipinski definition) is 0. The van der Waals surface area contributed by atoms with E-state index in [0.29, 0.717) is 5.04 Å². The van der Waals surface area contributed by atoms with E-state index >= 15 is 0 Å². The Kier molecular flexibility index (Phi) is 31.0. The van der Waals surface area contributed by atoms with Gasteiger partial charge in [0.1, 0.15) is 0 Å². The van der Waals surface area contributed by atoms with Crippen molar-refractivity contribution in [3.05, 3.63) is 47.6 Å². The molecule has 1 aromatic rings. The third-order valence-corrected chi connectivity index (χ3v) is 10.8. The van der Waals surface area contributed by atoms with E-state index in [1.165, 1.54) is 122 Å². The number of unbranched alkanes of at least 4 members (excludes halogenated alkanes) is 15. The first-order chi connectivity index (χ1) is 17.1. The minimum Gasteiger partial charge on any atom is -1.00 e. The summed E-state index contributed by atoms with van der Waals surface area (Å²) in [7, 11) is -0.309. The number of halogens is 3. The molecule has 0 aromatic heterocycles. The van der Waals surface area contributed by atoms with Crippen molar-refractivity contribution in [1.82, 2.24) is 0 Å². The normalized spacial score (nSPS) is 16.8. The molecular weight excluding hydrogens is 591 g/mol. The maximum Gasteiger partial charge on any atom is 4.00 e. The Balaban J connectivity index is -0.00000324. The molecule has 1 aliphatic rings. The van der Waals surface area contributed by atoms with Gasteiger partial charge in [-0.15, -0.1) is 0 Å². The topological polar surface area (TPSA) is 0 Å². The van der Waals surface area contributed by atoms with Crippen molar-refractivity contribution in [2.75, 3.05) is 0 Å². The van der Waals surface area contributed by atoms with Gasteiger partial charge in [-0.2, -0.15) is 22.4 Å². The maximum absolute atomic E-state index is 2.52. The molecule has 0 saturated carbocycles. The summed E-state index contributed by atoms with van der Waals surface area (Å²) in [6, 6.07) is 5.02. The van der Waals surface area contributed by atoms with E-state index in [1.807, 2.05) is 0 Å². The van der Waals surface area contributed by atoms with Crippen LogP contribution in [0.3, 0.4) is 0 Å². The zero-order chi connectivity index (χ0) is 25.2. The standard InChI is InChI=1S/C34H59Si.3ClH.Ti/c1-5-7-8-9-10-11-12-13-14-15-16-17-18-19-20-22-25-31-26-27-32(33(31)30(3)6-2)35-34(4)28-23-21-24-29-34;;;;/h21,23-24,26-28,30H,5-20,22,25,29,35H2,1-4H3;3*1H;/q-1;;;;+4/p-3. The van der Waals surface area contributed by atoms with E-state index < -0.39 is 0 Å². The maximum atomic E-state index is 2.52. The van der Waals surface area contributed by atoms with Gasteiger partial charge in [0.05, 0.1) is 0 Å². The molecule has 2 unspecified atom stereocenters. The molecule has 0 nitrogen and oxygen atoms in total. The Morgan fingerprint density at radius 2 is 1.26 bits per heavy atom. The molecule has 0 radical (unpaired) electrons. The Morgan fingerprint density at radius 3 is 1.69 bits per heavy atom. The van der Waals surface area contributed by atoms with Gasteiger partial charge in [-0.05, 0) is 17.4 Å². The van der Waals surface area contributed by atoms with E-state index in [2.05, 4.69) is 64.1 Å². The van der Waals surface area contributed by atoms with Crippen molar-refractivity contribution >= 4 is 14.7 Å². The molecule has 1 aromatic carbocycles. The third kappa shape index (κ3) is 18.7. The number of aryl methyl sites for hydroxylation is 1. The molecule has 0 spiro atoms. The van der Waals surface area contributed by atoms with E-state index in [0.717, 1.165) is 5.92 Å². The summed E-state index contributed by atoms with van der Waals surface area (Å²) in [5, 5.41) is 2.19. The van der Waals surface area contributed by atoms with Gasteiger partial charge in [0.2, 0.25) is 0 Å². The van der Waals surface area contributed by atoms with E-state index in [9.17, 15) is 0 Å². The smallest absolute Gasteiger partial charge is 1.00 e. The summed E-state index contributed by atoms with van der Waals surface area (Å²) in [5.41, 5.74) is 3.44. The summed E-state index contributed by atoms with van der Waals surface area (Å²) in [6.45, 7) is 9.62. The van der Waals surface area contributed by atoms with Gasteiger partial charge in [0.25, 0.3) is 0 Å². The summed E-state index contributed by atoms with van der Waals surface area (Å²) < 4.78 is 0. The Labute approximate surface area is 280 Å². The molecule has 2 atom stereocenters. The predicted molar refractivity (Wildman–Crippen MR) is 163 cm³/mol. The molecule has 0 bridgehead atoms. The molecule has 5 heteroatoms. The number of hydrogen-bond donors (Lipinski definition) is 0. The first-order valence-corrected chi connectivity index (χ1v) is 17.1. The fraction of sp³-hybridized carbons (Fsp3) is 0.735. The summed E-state index contributed by atoms with van der Waals surface area (Å²) in [6.07, 6.45) is 36.4. The van der Waals surface area contributed by atoms with Crippen molar-refractivity contribution in [3.8, 4) is 0 Å². The molecule has 0 amide bonds. The second-order valence-electron chi connectivity index (χ2n) is 12.0. The molecule has 0 saturated heterocycles. The van der Waals surface area contributed by atoms with Gasteiger partial charge in [0, 0.05) is 9.52 Å². The molecule has 0 heterocycles. The van der Waals surface area contributed by atoms with Gasteiger partial charge in [0.15, 0.2) is 0 Å². The molecule has 0 aliphatic heterocycles. The minimum absolute atomic E-state index is 0.